The second-order valence-electron chi connectivity index (χ2n) is 2.05. The van der Waals surface area contributed by atoms with Crippen molar-refractivity contribution in [2.24, 2.45) is 5.92 Å². The van der Waals surface area contributed by atoms with Gasteiger partial charge in [-0.2, -0.15) is 0 Å². The van der Waals surface area contributed by atoms with Crippen LogP contribution in [0.5, 0.6) is 0 Å². The molecule has 1 atom stereocenters. The second kappa shape index (κ2) is 2.15. The first kappa shape index (κ1) is 4.89. The SMILES string of the molecule is CC1C[CH]=[In][CH2]1. The molecule has 0 saturated heterocycles. The van der Waals surface area contributed by atoms with E-state index in [9.17, 15) is 0 Å². The van der Waals surface area contributed by atoms with E-state index in [1.54, 1.807) is 4.18 Å². The zero-order valence-electron chi connectivity index (χ0n) is 4.15. The second-order valence-corrected chi connectivity index (χ2v) is 6.08. The van der Waals surface area contributed by atoms with Gasteiger partial charge in [0.05, 0.1) is 0 Å². The predicted molar refractivity (Wildman–Crippen MR) is 30.4 cm³/mol. The Bertz CT molecular complexity index is 58.3. The fourth-order valence-corrected chi connectivity index (χ4v) is 5.05. The van der Waals surface area contributed by atoms with E-state index in [2.05, 4.69) is 10.7 Å². The van der Waals surface area contributed by atoms with Crippen LogP contribution in [0.2, 0.25) is 4.18 Å². The van der Waals surface area contributed by atoms with Crippen LogP contribution in [-0.2, 0) is 0 Å². The van der Waals surface area contributed by atoms with E-state index in [-0.39, 0.29) is 22.4 Å². The Morgan fingerprint density at radius 3 is 2.83 bits per heavy atom. The topological polar surface area (TPSA) is 0 Å². The van der Waals surface area contributed by atoms with E-state index >= 15 is 0 Å². The monoisotopic (exact) mass is 184 g/mol. The van der Waals surface area contributed by atoms with Crippen LogP contribution in [-0.4, -0.2) is 26.2 Å². The van der Waals surface area contributed by atoms with Gasteiger partial charge in [-0.3, -0.25) is 0 Å². The van der Waals surface area contributed by atoms with E-state index in [1.165, 1.54) is 6.42 Å². The predicted octanol–water partition coefficient (Wildman–Crippen LogP) is 0.951. The molecule has 0 aliphatic carbocycles. The van der Waals surface area contributed by atoms with Crippen LogP contribution in [0.1, 0.15) is 13.3 Å². The first-order valence-corrected chi connectivity index (χ1v) is 6.78. The van der Waals surface area contributed by atoms with Gasteiger partial charge >= 0.3 is 49.6 Å². The first-order chi connectivity index (χ1) is 2.89. The van der Waals surface area contributed by atoms with Gasteiger partial charge < -0.3 is 0 Å². The molecule has 1 aliphatic heterocycles. The Kier molecular flexibility index (Phi) is 1.75. The van der Waals surface area contributed by atoms with Crippen molar-refractivity contribution in [1.82, 2.24) is 0 Å². The van der Waals surface area contributed by atoms with E-state index in [0.29, 0.717) is 0 Å². The summed E-state index contributed by atoms with van der Waals surface area (Å²) in [6, 6.07) is 0. The Hall–Kier alpha value is 0.740. The molecular weight excluding hydrogens is 175 g/mol. The summed E-state index contributed by atoms with van der Waals surface area (Å²) in [7, 11) is 0. The molecule has 0 spiro atoms. The first-order valence-electron chi connectivity index (χ1n) is 2.54. The normalized spacial score (nSPS) is 30.5. The van der Waals surface area contributed by atoms with E-state index in [1.807, 2.05) is 0 Å². The third-order valence-corrected chi connectivity index (χ3v) is 6.05. The minimum absolute atomic E-state index is 0.00588. The van der Waals surface area contributed by atoms with Gasteiger partial charge in [-0.05, 0) is 0 Å². The molecule has 1 aliphatic rings. The van der Waals surface area contributed by atoms with Crippen LogP contribution in [0.15, 0.2) is 0 Å². The molecular formula is C5H9In. The summed E-state index contributed by atoms with van der Waals surface area (Å²) in [6.45, 7) is 2.36. The summed E-state index contributed by atoms with van der Waals surface area (Å²) < 4.78 is 4.19. The van der Waals surface area contributed by atoms with Crippen LogP contribution >= 0.6 is 0 Å². The summed E-state index contributed by atoms with van der Waals surface area (Å²) in [6.07, 6.45) is 1.45. The van der Waals surface area contributed by atoms with Gasteiger partial charge in [0.1, 0.15) is 0 Å². The van der Waals surface area contributed by atoms with Crippen molar-refractivity contribution in [2.45, 2.75) is 17.5 Å². The standard InChI is InChI=1S/C5H9.In/c1-4-5(2)3;/h1,5H,2,4H2,3H3;. The van der Waals surface area contributed by atoms with Crippen molar-refractivity contribution < 1.29 is 0 Å². The molecule has 1 heterocycles. The number of hydrogen-bond donors (Lipinski definition) is 0. The molecule has 0 N–H and O–H groups in total. The Labute approximate surface area is 49.8 Å². The summed E-state index contributed by atoms with van der Waals surface area (Å²) in [5.41, 5.74) is 0. The Morgan fingerprint density at radius 2 is 2.67 bits per heavy atom. The molecule has 0 aromatic carbocycles. The summed E-state index contributed by atoms with van der Waals surface area (Å²) in [5, 5.41) is 0. The maximum atomic E-state index is 2.57. The number of hydrogen-bond acceptors (Lipinski definition) is 0. The Morgan fingerprint density at radius 1 is 1.83 bits per heavy atom. The average molecular weight is 184 g/mol. The molecule has 1 heteroatoms. The summed E-state index contributed by atoms with van der Waals surface area (Å²) in [5.74, 6) is 1.08. The van der Waals surface area contributed by atoms with Gasteiger partial charge in [0.15, 0.2) is 0 Å². The molecule has 1 rings (SSSR count). The zero-order chi connectivity index (χ0) is 4.41. The molecule has 6 heavy (non-hydrogen) atoms. The number of rotatable bonds is 0. The zero-order valence-corrected chi connectivity index (χ0v) is 7.44. The summed E-state index contributed by atoms with van der Waals surface area (Å²) in [4.78, 5) is 0. The van der Waals surface area contributed by atoms with E-state index < -0.39 is 0 Å². The summed E-state index contributed by atoms with van der Waals surface area (Å²) >= 11 is 0.00588. The van der Waals surface area contributed by atoms with Gasteiger partial charge in [0, 0.05) is 0 Å². The van der Waals surface area contributed by atoms with Gasteiger partial charge in [-0.1, -0.05) is 0 Å². The van der Waals surface area contributed by atoms with Gasteiger partial charge in [-0.15, -0.1) is 0 Å². The van der Waals surface area contributed by atoms with Crippen LogP contribution in [0.3, 0.4) is 0 Å². The molecule has 0 fully saturated rings. The molecule has 0 bridgehead atoms. The molecule has 0 amide bonds. The van der Waals surface area contributed by atoms with Crippen molar-refractivity contribution in [3.63, 3.8) is 0 Å². The minimum atomic E-state index is 0.00588. The third kappa shape index (κ3) is 1.11. The molecule has 1 unspecified atom stereocenters. The molecule has 0 nitrogen and oxygen atoms in total. The van der Waals surface area contributed by atoms with Crippen LogP contribution in [0.4, 0.5) is 0 Å². The molecule has 32 valence electrons. The van der Waals surface area contributed by atoms with Gasteiger partial charge in [-0.25, -0.2) is 0 Å². The fourth-order valence-electron chi connectivity index (χ4n) is 0.753. The quantitative estimate of drug-likeness (QED) is 0.525. The maximum absolute atomic E-state index is 2.57. The molecule has 0 saturated carbocycles. The van der Waals surface area contributed by atoms with E-state index in [0.717, 1.165) is 5.92 Å². The van der Waals surface area contributed by atoms with Gasteiger partial charge in [0.2, 0.25) is 0 Å². The van der Waals surface area contributed by atoms with Gasteiger partial charge in [0.25, 0.3) is 0 Å². The van der Waals surface area contributed by atoms with Crippen molar-refractivity contribution in [2.75, 3.05) is 0 Å². The third-order valence-electron chi connectivity index (χ3n) is 1.24. The van der Waals surface area contributed by atoms with Crippen LogP contribution in [0.25, 0.3) is 0 Å². The van der Waals surface area contributed by atoms with Crippen molar-refractivity contribution in [3.05, 3.63) is 0 Å². The van der Waals surface area contributed by atoms with Crippen molar-refractivity contribution >= 4 is 26.2 Å². The fraction of sp³-hybridized carbons (Fsp3) is 0.800. The Balaban J connectivity index is 2.32. The van der Waals surface area contributed by atoms with Crippen LogP contribution < -0.4 is 0 Å². The van der Waals surface area contributed by atoms with Crippen molar-refractivity contribution in [3.8, 4) is 0 Å². The van der Waals surface area contributed by atoms with Crippen LogP contribution in [0, 0.1) is 5.92 Å². The average Bonchev–Trinajstić information content (AvgIpc) is 1.86. The van der Waals surface area contributed by atoms with Crippen molar-refractivity contribution in [1.29, 1.82) is 0 Å². The molecule has 0 aromatic heterocycles. The molecule has 0 aromatic rings. The molecule has 0 radical (unpaired) electrons. The van der Waals surface area contributed by atoms with E-state index in [4.69, 9.17) is 0 Å².